The van der Waals surface area contributed by atoms with E-state index in [2.05, 4.69) is 0 Å². The molecule has 0 radical (unpaired) electrons. The van der Waals surface area contributed by atoms with Crippen molar-refractivity contribution in [1.29, 1.82) is 0 Å². The predicted octanol–water partition coefficient (Wildman–Crippen LogP) is 1.99. The van der Waals surface area contributed by atoms with Crippen molar-refractivity contribution in [2.75, 3.05) is 6.26 Å². The van der Waals surface area contributed by atoms with Crippen LogP contribution in [0.15, 0.2) is 0 Å². The molecule has 14 heavy (non-hydrogen) atoms. The van der Waals surface area contributed by atoms with Gasteiger partial charge in [0.15, 0.2) is 15.6 Å². The summed E-state index contributed by atoms with van der Waals surface area (Å²) in [5, 5.41) is 0. The van der Waals surface area contributed by atoms with E-state index in [4.69, 9.17) is 11.6 Å². The predicted molar refractivity (Wildman–Crippen MR) is 58.2 cm³/mol. The van der Waals surface area contributed by atoms with Gasteiger partial charge in [-0.1, -0.05) is 39.3 Å². The molecule has 0 N–H and O–H groups in total. The molecule has 0 aromatic rings. The summed E-state index contributed by atoms with van der Waals surface area (Å²) in [4.78, 5) is 11.9. The lowest BCUT2D eigenvalue weighted by atomic mass is 9.88. The van der Waals surface area contributed by atoms with E-state index in [1.165, 1.54) is 0 Å². The van der Waals surface area contributed by atoms with Gasteiger partial charge in [0.25, 0.3) is 0 Å². The van der Waals surface area contributed by atoms with Crippen LogP contribution in [0.5, 0.6) is 0 Å². The number of rotatable bonds is 3. The molecule has 1 atom stereocenters. The van der Waals surface area contributed by atoms with Gasteiger partial charge < -0.3 is 0 Å². The Kier molecular flexibility index (Phi) is 3.79. The number of hydrogen-bond acceptors (Lipinski definition) is 3. The van der Waals surface area contributed by atoms with Crippen molar-refractivity contribution in [2.45, 2.75) is 38.3 Å². The fourth-order valence-corrected chi connectivity index (χ4v) is 2.60. The third-order valence-electron chi connectivity index (χ3n) is 2.06. The van der Waals surface area contributed by atoms with Crippen LogP contribution in [0.25, 0.3) is 0 Å². The Morgan fingerprint density at radius 2 is 1.64 bits per heavy atom. The molecule has 0 aliphatic carbocycles. The zero-order valence-corrected chi connectivity index (χ0v) is 10.8. The summed E-state index contributed by atoms with van der Waals surface area (Å²) in [7, 11) is -3.58. The molecule has 0 rings (SSSR count). The molecule has 5 heteroatoms. The highest BCUT2D eigenvalue weighted by Crippen LogP contribution is 2.34. The highest BCUT2D eigenvalue weighted by atomic mass is 35.5. The van der Waals surface area contributed by atoms with Crippen molar-refractivity contribution in [3.05, 3.63) is 0 Å². The lowest BCUT2D eigenvalue weighted by Gasteiger charge is -2.29. The molecule has 0 aromatic heterocycles. The first-order chi connectivity index (χ1) is 5.97. The molecule has 0 amide bonds. The Morgan fingerprint density at radius 3 is 1.71 bits per heavy atom. The molecule has 84 valence electrons. The summed E-state index contributed by atoms with van der Waals surface area (Å²) in [6.07, 6.45) is 1.08. The molecule has 0 spiro atoms. The third-order valence-corrected chi connectivity index (χ3v) is 4.99. The number of sulfone groups is 1. The van der Waals surface area contributed by atoms with Gasteiger partial charge in [0.1, 0.15) is 0 Å². The summed E-state index contributed by atoms with van der Waals surface area (Å²) >= 11 is 5.90. The highest BCUT2D eigenvalue weighted by Gasteiger charge is 2.48. The number of halogens is 1. The van der Waals surface area contributed by atoms with Gasteiger partial charge in [-0.2, -0.15) is 0 Å². The number of ketones is 1. The van der Waals surface area contributed by atoms with Crippen LogP contribution in [0.1, 0.15) is 34.1 Å². The minimum atomic E-state index is -3.58. The van der Waals surface area contributed by atoms with E-state index < -0.39 is 25.2 Å². The molecule has 0 saturated heterocycles. The van der Waals surface area contributed by atoms with E-state index in [0.717, 1.165) is 6.26 Å². The molecule has 0 unspecified atom stereocenters. The Bertz CT molecular complexity index is 326. The van der Waals surface area contributed by atoms with Gasteiger partial charge in [0.05, 0.1) is 0 Å². The van der Waals surface area contributed by atoms with Crippen LogP contribution in [-0.2, 0) is 14.6 Å². The lowest BCUT2D eigenvalue weighted by Crippen LogP contribution is -2.46. The molecule has 0 aliphatic rings. The van der Waals surface area contributed by atoms with Crippen LogP contribution in [0.4, 0.5) is 0 Å². The maximum atomic E-state index is 11.9. The molecular weight excluding hydrogens is 224 g/mol. The minimum Gasteiger partial charge on any atom is -0.296 e. The van der Waals surface area contributed by atoms with Gasteiger partial charge in [0.2, 0.25) is 4.21 Å². The van der Waals surface area contributed by atoms with Crippen molar-refractivity contribution in [2.24, 2.45) is 5.41 Å². The Labute approximate surface area is 90.7 Å². The highest BCUT2D eigenvalue weighted by molar-refractivity contribution is 7.94. The molecule has 0 saturated carbocycles. The molecule has 3 nitrogen and oxygen atoms in total. The Hall–Kier alpha value is -0.0900. The number of carbonyl (C=O) groups is 1. The maximum Gasteiger partial charge on any atom is 0.203 e. The molecule has 0 aromatic carbocycles. The van der Waals surface area contributed by atoms with Crippen LogP contribution in [0.3, 0.4) is 0 Å². The topological polar surface area (TPSA) is 51.2 Å². The van der Waals surface area contributed by atoms with Crippen molar-refractivity contribution in [1.82, 2.24) is 0 Å². The summed E-state index contributed by atoms with van der Waals surface area (Å²) in [6.45, 7) is 6.58. The van der Waals surface area contributed by atoms with E-state index in [9.17, 15) is 13.2 Å². The van der Waals surface area contributed by atoms with Crippen molar-refractivity contribution in [3.63, 3.8) is 0 Å². The largest absolute Gasteiger partial charge is 0.296 e. The van der Waals surface area contributed by atoms with E-state index in [1.54, 1.807) is 27.7 Å². The fourth-order valence-electron chi connectivity index (χ4n) is 1.15. The Balaban J connectivity index is 5.42. The van der Waals surface area contributed by atoms with Crippen LogP contribution < -0.4 is 0 Å². The zero-order valence-electron chi connectivity index (χ0n) is 9.22. The number of alkyl halides is 1. The first-order valence-corrected chi connectivity index (χ1v) is 6.67. The standard InChI is InChI=1S/C9H17ClO3S/c1-6-9(10,14(5,12)13)7(11)8(2,3)4/h6H2,1-5H3/t9-/m1/s1. The monoisotopic (exact) mass is 240 g/mol. The molecular formula is C9H17ClO3S. The fraction of sp³-hybridized carbons (Fsp3) is 0.889. The van der Waals surface area contributed by atoms with Gasteiger partial charge in [-0.3, -0.25) is 4.79 Å². The van der Waals surface area contributed by atoms with Crippen LogP contribution in [-0.4, -0.2) is 24.7 Å². The number of hydrogen-bond donors (Lipinski definition) is 0. The summed E-state index contributed by atoms with van der Waals surface area (Å²) in [6, 6.07) is 0. The maximum absolute atomic E-state index is 11.9. The second-order valence-electron chi connectivity index (χ2n) is 4.43. The van der Waals surface area contributed by atoms with Gasteiger partial charge in [0, 0.05) is 11.7 Å². The van der Waals surface area contributed by atoms with E-state index >= 15 is 0 Å². The van der Waals surface area contributed by atoms with E-state index in [-0.39, 0.29) is 6.42 Å². The summed E-state index contributed by atoms with van der Waals surface area (Å²) < 4.78 is 21.1. The smallest absolute Gasteiger partial charge is 0.203 e. The summed E-state index contributed by atoms with van der Waals surface area (Å²) in [5.74, 6) is -0.448. The number of Topliss-reactive ketones (excluding diaryl/α,β-unsaturated/α-hetero) is 1. The van der Waals surface area contributed by atoms with Crippen molar-refractivity contribution in [3.8, 4) is 0 Å². The molecule has 0 bridgehead atoms. The summed E-state index contributed by atoms with van der Waals surface area (Å²) in [5.41, 5.74) is -0.749. The average Bonchev–Trinajstić information content (AvgIpc) is 1.97. The minimum absolute atomic E-state index is 0.0868. The Morgan fingerprint density at radius 1 is 1.29 bits per heavy atom. The molecule has 0 aliphatic heterocycles. The normalized spacial score (nSPS) is 17.6. The van der Waals surface area contributed by atoms with Gasteiger partial charge in [-0.25, -0.2) is 8.42 Å². The lowest BCUT2D eigenvalue weighted by molar-refractivity contribution is -0.126. The zero-order chi connectivity index (χ0) is 11.8. The quantitative estimate of drug-likeness (QED) is 0.709. The first-order valence-electron chi connectivity index (χ1n) is 4.40. The molecule has 0 fully saturated rings. The van der Waals surface area contributed by atoms with Crippen LogP contribution in [0.2, 0.25) is 0 Å². The first kappa shape index (κ1) is 13.9. The second-order valence-corrected chi connectivity index (χ2v) is 7.54. The van der Waals surface area contributed by atoms with E-state index in [1.807, 2.05) is 0 Å². The van der Waals surface area contributed by atoms with Gasteiger partial charge >= 0.3 is 0 Å². The van der Waals surface area contributed by atoms with Crippen LogP contribution in [0, 0.1) is 5.41 Å². The van der Waals surface area contributed by atoms with Crippen molar-refractivity contribution >= 4 is 27.2 Å². The SMILES string of the molecule is CC[C@](Cl)(C(=O)C(C)(C)C)S(C)(=O)=O. The number of carbonyl (C=O) groups excluding carboxylic acids is 1. The van der Waals surface area contributed by atoms with Crippen molar-refractivity contribution < 1.29 is 13.2 Å². The molecule has 0 heterocycles. The van der Waals surface area contributed by atoms with E-state index in [0.29, 0.717) is 0 Å². The average molecular weight is 241 g/mol. The van der Waals surface area contributed by atoms with Crippen LogP contribution >= 0.6 is 11.6 Å². The van der Waals surface area contributed by atoms with Gasteiger partial charge in [-0.05, 0) is 6.42 Å². The third kappa shape index (κ3) is 2.48. The second kappa shape index (κ2) is 3.81. The van der Waals surface area contributed by atoms with Gasteiger partial charge in [-0.15, -0.1) is 0 Å².